The van der Waals surface area contributed by atoms with E-state index in [1.807, 2.05) is 0 Å². The summed E-state index contributed by atoms with van der Waals surface area (Å²) in [6.45, 7) is 0.771. The summed E-state index contributed by atoms with van der Waals surface area (Å²) in [4.78, 5) is 26.0. The van der Waals surface area contributed by atoms with E-state index in [1.165, 1.54) is 6.07 Å². The van der Waals surface area contributed by atoms with Gasteiger partial charge in [0, 0.05) is 26.3 Å². The lowest BCUT2D eigenvalue weighted by molar-refractivity contribution is -0.384. The Labute approximate surface area is 130 Å². The molecule has 1 aromatic carbocycles. The summed E-state index contributed by atoms with van der Waals surface area (Å²) in [5.41, 5.74) is 0.592. The van der Waals surface area contributed by atoms with Crippen LogP contribution in [0.3, 0.4) is 0 Å². The fraction of sp³-hybridized carbons (Fsp3) is 0.286. The molecule has 0 aliphatic carbocycles. The minimum Gasteiger partial charge on any atom is -0.355 e. The van der Waals surface area contributed by atoms with Gasteiger partial charge in [-0.1, -0.05) is 0 Å². The van der Waals surface area contributed by atoms with Crippen LogP contribution in [0.4, 0.5) is 21.5 Å². The second-order valence-electron chi connectivity index (χ2n) is 5.23. The summed E-state index contributed by atoms with van der Waals surface area (Å²) in [5.74, 6) is -0.872. The van der Waals surface area contributed by atoms with Crippen molar-refractivity contribution in [3.8, 4) is 0 Å². The number of rotatable bonds is 3. The molecule has 1 fully saturated rings. The maximum Gasteiger partial charge on any atom is 0.295 e. The number of carbonyl (C=O) groups is 1. The molecule has 0 bridgehead atoms. The number of aryl methyl sites for hydroxylation is 1. The van der Waals surface area contributed by atoms with Crippen molar-refractivity contribution < 1.29 is 14.1 Å². The zero-order valence-corrected chi connectivity index (χ0v) is 12.3. The van der Waals surface area contributed by atoms with Gasteiger partial charge in [-0.3, -0.25) is 19.6 Å². The number of nitro benzene ring substituents is 1. The monoisotopic (exact) mass is 319 g/mol. The molecule has 120 valence electrons. The lowest BCUT2D eigenvalue weighted by atomic mass is 10.2. The predicted molar refractivity (Wildman–Crippen MR) is 80.8 cm³/mol. The van der Waals surface area contributed by atoms with Crippen molar-refractivity contribution in [1.82, 2.24) is 9.78 Å². The number of amides is 1. The highest BCUT2D eigenvalue weighted by Crippen LogP contribution is 2.30. The first-order valence-electron chi connectivity index (χ1n) is 6.93. The van der Waals surface area contributed by atoms with Gasteiger partial charge in [-0.2, -0.15) is 5.10 Å². The highest BCUT2D eigenvalue weighted by molar-refractivity contribution is 5.97. The van der Waals surface area contributed by atoms with E-state index in [0.29, 0.717) is 18.8 Å². The Morgan fingerprint density at radius 3 is 2.74 bits per heavy atom. The standard InChI is InChI=1S/C14H14FN5O3/c1-17-8-11(7-16-17)19-5-4-18(9-14(19)21)12-3-2-10(15)6-13(12)20(22)23/h2-3,6-8H,4-5,9H2,1H3. The molecule has 1 amide bonds. The van der Waals surface area contributed by atoms with Gasteiger partial charge < -0.3 is 9.80 Å². The maximum atomic E-state index is 13.2. The summed E-state index contributed by atoms with van der Waals surface area (Å²) in [6, 6.07) is 3.36. The molecule has 0 radical (unpaired) electrons. The molecule has 3 rings (SSSR count). The first kappa shape index (κ1) is 14.9. The Hall–Kier alpha value is -2.97. The van der Waals surface area contributed by atoms with Crippen LogP contribution in [0.15, 0.2) is 30.6 Å². The van der Waals surface area contributed by atoms with Crippen LogP contribution in [-0.2, 0) is 11.8 Å². The molecule has 0 spiro atoms. The molecule has 0 atom stereocenters. The molecule has 2 heterocycles. The highest BCUT2D eigenvalue weighted by atomic mass is 19.1. The van der Waals surface area contributed by atoms with E-state index in [4.69, 9.17) is 0 Å². The normalized spacial score (nSPS) is 15.1. The molecule has 2 aromatic rings. The first-order valence-corrected chi connectivity index (χ1v) is 6.93. The fourth-order valence-corrected chi connectivity index (χ4v) is 2.61. The van der Waals surface area contributed by atoms with E-state index in [9.17, 15) is 19.3 Å². The van der Waals surface area contributed by atoms with Gasteiger partial charge in [0.25, 0.3) is 5.69 Å². The predicted octanol–water partition coefficient (Wildman–Crippen LogP) is 1.32. The number of aromatic nitrogens is 2. The average Bonchev–Trinajstić information content (AvgIpc) is 2.93. The Kier molecular flexibility index (Phi) is 3.68. The Morgan fingerprint density at radius 1 is 1.35 bits per heavy atom. The molecule has 23 heavy (non-hydrogen) atoms. The first-order chi connectivity index (χ1) is 11.0. The van der Waals surface area contributed by atoms with E-state index in [-0.39, 0.29) is 23.8 Å². The molecule has 1 aromatic heterocycles. The summed E-state index contributed by atoms with van der Waals surface area (Å²) < 4.78 is 14.8. The molecule has 0 unspecified atom stereocenters. The molecule has 0 saturated carbocycles. The van der Waals surface area contributed by atoms with E-state index in [2.05, 4.69) is 5.10 Å². The second kappa shape index (κ2) is 5.67. The van der Waals surface area contributed by atoms with Gasteiger partial charge >= 0.3 is 0 Å². The van der Waals surface area contributed by atoms with E-state index in [1.54, 1.807) is 33.9 Å². The van der Waals surface area contributed by atoms with Crippen molar-refractivity contribution in [3.05, 3.63) is 46.5 Å². The van der Waals surface area contributed by atoms with Crippen LogP contribution in [-0.4, -0.2) is 40.2 Å². The van der Waals surface area contributed by atoms with Gasteiger partial charge in [0.15, 0.2) is 0 Å². The van der Waals surface area contributed by atoms with Crippen molar-refractivity contribution in [2.24, 2.45) is 7.05 Å². The minimum absolute atomic E-state index is 0.0125. The van der Waals surface area contributed by atoms with Crippen LogP contribution >= 0.6 is 0 Å². The molecule has 1 aliphatic rings. The van der Waals surface area contributed by atoms with E-state index in [0.717, 1.165) is 12.1 Å². The van der Waals surface area contributed by atoms with Crippen LogP contribution in [0.25, 0.3) is 0 Å². The number of piperazine rings is 1. The Morgan fingerprint density at radius 2 is 2.13 bits per heavy atom. The Bertz CT molecular complexity index is 776. The molecule has 0 N–H and O–H groups in total. The number of hydrogen-bond acceptors (Lipinski definition) is 5. The van der Waals surface area contributed by atoms with Crippen LogP contribution in [0.5, 0.6) is 0 Å². The van der Waals surface area contributed by atoms with Gasteiger partial charge in [-0.05, 0) is 12.1 Å². The number of halogens is 1. The van der Waals surface area contributed by atoms with Crippen LogP contribution in [0.1, 0.15) is 0 Å². The third-order valence-corrected chi connectivity index (χ3v) is 3.70. The largest absolute Gasteiger partial charge is 0.355 e. The van der Waals surface area contributed by atoms with Gasteiger partial charge in [-0.15, -0.1) is 0 Å². The van der Waals surface area contributed by atoms with Gasteiger partial charge in [0.05, 0.1) is 29.4 Å². The van der Waals surface area contributed by atoms with Crippen LogP contribution < -0.4 is 9.80 Å². The lowest BCUT2D eigenvalue weighted by Gasteiger charge is -2.34. The van der Waals surface area contributed by atoms with Crippen molar-refractivity contribution >= 4 is 23.0 Å². The maximum absolute atomic E-state index is 13.2. The molecule has 1 saturated heterocycles. The van der Waals surface area contributed by atoms with Gasteiger partial charge in [0.2, 0.25) is 5.91 Å². The summed E-state index contributed by atoms with van der Waals surface area (Å²) in [6.07, 6.45) is 3.32. The summed E-state index contributed by atoms with van der Waals surface area (Å²) in [7, 11) is 1.76. The molecule has 1 aliphatic heterocycles. The van der Waals surface area contributed by atoms with Crippen LogP contribution in [0.2, 0.25) is 0 Å². The summed E-state index contributed by atoms with van der Waals surface area (Å²) >= 11 is 0. The second-order valence-corrected chi connectivity index (χ2v) is 5.23. The Balaban J connectivity index is 1.83. The third kappa shape index (κ3) is 2.85. The number of anilines is 2. The molecule has 8 nitrogen and oxygen atoms in total. The van der Waals surface area contributed by atoms with Crippen molar-refractivity contribution in [2.45, 2.75) is 0 Å². The van der Waals surface area contributed by atoms with Gasteiger partial charge in [-0.25, -0.2) is 4.39 Å². The van der Waals surface area contributed by atoms with Crippen molar-refractivity contribution in [1.29, 1.82) is 0 Å². The zero-order valence-electron chi connectivity index (χ0n) is 12.3. The molecular weight excluding hydrogens is 305 g/mol. The van der Waals surface area contributed by atoms with E-state index < -0.39 is 10.7 Å². The number of nitrogens with zero attached hydrogens (tertiary/aromatic N) is 5. The number of benzene rings is 1. The number of nitro groups is 1. The molecule has 9 heteroatoms. The topological polar surface area (TPSA) is 84.5 Å². The van der Waals surface area contributed by atoms with Gasteiger partial charge in [0.1, 0.15) is 11.5 Å². The lowest BCUT2D eigenvalue weighted by Crippen LogP contribution is -2.50. The van der Waals surface area contributed by atoms with Crippen molar-refractivity contribution in [2.75, 3.05) is 29.4 Å². The van der Waals surface area contributed by atoms with Crippen molar-refractivity contribution in [3.63, 3.8) is 0 Å². The van der Waals surface area contributed by atoms with Crippen LogP contribution in [0, 0.1) is 15.9 Å². The highest BCUT2D eigenvalue weighted by Gasteiger charge is 2.29. The number of carbonyl (C=O) groups excluding carboxylic acids is 1. The minimum atomic E-state index is -0.680. The zero-order chi connectivity index (χ0) is 16.6. The SMILES string of the molecule is Cn1cc(N2CCN(c3ccc(F)cc3[N+](=O)[O-])CC2=O)cn1. The number of hydrogen-bond donors (Lipinski definition) is 0. The molecular formula is C14H14FN5O3. The smallest absolute Gasteiger partial charge is 0.295 e. The average molecular weight is 319 g/mol. The third-order valence-electron chi connectivity index (χ3n) is 3.70. The quantitative estimate of drug-likeness (QED) is 0.629. The summed E-state index contributed by atoms with van der Waals surface area (Å²) in [5, 5.41) is 15.1. The fourth-order valence-electron chi connectivity index (χ4n) is 2.61. The van der Waals surface area contributed by atoms with E-state index >= 15 is 0 Å².